The first-order valence-corrected chi connectivity index (χ1v) is 6.52. The van der Waals surface area contributed by atoms with Crippen LogP contribution in [0.2, 0.25) is 5.02 Å². The van der Waals surface area contributed by atoms with E-state index in [-0.39, 0.29) is 11.5 Å². The highest BCUT2D eigenvalue weighted by molar-refractivity contribution is 6.31. The summed E-state index contributed by atoms with van der Waals surface area (Å²) in [6, 6.07) is 1.92. The third-order valence-corrected chi connectivity index (χ3v) is 4.25. The fourth-order valence-corrected chi connectivity index (χ4v) is 2.92. The minimum Gasteiger partial charge on any atom is -0.392 e. The molecule has 0 spiro atoms. The first-order valence-electron chi connectivity index (χ1n) is 6.14. The molecule has 0 amide bonds. The lowest BCUT2D eigenvalue weighted by Crippen LogP contribution is -2.45. The molecular weight excluding hydrogens is 236 g/mol. The average Bonchev–Trinajstić information content (AvgIpc) is 2.35. The minimum absolute atomic E-state index is 0.205. The molecule has 3 N–H and O–H groups in total. The van der Waals surface area contributed by atoms with Crippen LogP contribution in [0.15, 0.2) is 18.5 Å². The first-order chi connectivity index (χ1) is 8.18. The van der Waals surface area contributed by atoms with Gasteiger partial charge in [-0.2, -0.15) is 0 Å². The molecule has 1 aliphatic carbocycles. The van der Waals surface area contributed by atoms with Gasteiger partial charge in [0.05, 0.1) is 11.1 Å². The van der Waals surface area contributed by atoms with Crippen molar-refractivity contribution in [2.24, 2.45) is 11.1 Å². The van der Waals surface area contributed by atoms with Gasteiger partial charge >= 0.3 is 0 Å². The van der Waals surface area contributed by atoms with E-state index in [0.717, 1.165) is 37.7 Å². The molecular formula is C13H19ClN2O. The Labute approximate surface area is 107 Å². The summed E-state index contributed by atoms with van der Waals surface area (Å²) in [6.07, 6.45) is 7.86. The Hall–Kier alpha value is -0.640. The van der Waals surface area contributed by atoms with E-state index in [1.54, 1.807) is 12.4 Å². The third kappa shape index (κ3) is 2.62. The smallest absolute Gasteiger partial charge is 0.0621 e. The van der Waals surface area contributed by atoms with E-state index in [4.69, 9.17) is 17.3 Å². The molecule has 0 bridgehead atoms. The Morgan fingerprint density at radius 1 is 1.53 bits per heavy atom. The van der Waals surface area contributed by atoms with Gasteiger partial charge in [-0.3, -0.25) is 4.98 Å². The van der Waals surface area contributed by atoms with E-state index in [1.807, 2.05) is 6.07 Å². The van der Waals surface area contributed by atoms with Gasteiger partial charge in [0.25, 0.3) is 0 Å². The van der Waals surface area contributed by atoms with Crippen LogP contribution in [0.1, 0.15) is 31.2 Å². The van der Waals surface area contributed by atoms with Gasteiger partial charge in [-0.1, -0.05) is 24.4 Å². The van der Waals surface area contributed by atoms with Crippen molar-refractivity contribution in [1.29, 1.82) is 0 Å². The minimum atomic E-state index is -0.314. The number of hydrogen-bond donors (Lipinski definition) is 2. The molecule has 1 aromatic rings. The van der Waals surface area contributed by atoms with E-state index in [0.29, 0.717) is 11.6 Å². The molecule has 1 aromatic heterocycles. The van der Waals surface area contributed by atoms with Crippen LogP contribution in [0.25, 0.3) is 0 Å². The maximum absolute atomic E-state index is 10.2. The van der Waals surface area contributed by atoms with Crippen molar-refractivity contribution in [2.75, 3.05) is 6.54 Å². The van der Waals surface area contributed by atoms with Crippen molar-refractivity contribution >= 4 is 11.6 Å². The maximum Gasteiger partial charge on any atom is 0.0621 e. The molecule has 0 aliphatic heterocycles. The number of pyridine rings is 1. The summed E-state index contributed by atoms with van der Waals surface area (Å²) >= 11 is 6.13. The molecule has 1 fully saturated rings. The number of nitrogens with two attached hydrogens (primary N) is 1. The zero-order chi connectivity index (χ0) is 12.3. The number of halogens is 1. The van der Waals surface area contributed by atoms with E-state index in [2.05, 4.69) is 4.98 Å². The van der Waals surface area contributed by atoms with E-state index < -0.39 is 0 Å². The molecule has 0 radical (unpaired) electrons. The van der Waals surface area contributed by atoms with Gasteiger partial charge in [0, 0.05) is 24.4 Å². The second-order valence-electron chi connectivity index (χ2n) is 4.97. The second-order valence-corrected chi connectivity index (χ2v) is 5.38. The number of hydrogen-bond acceptors (Lipinski definition) is 3. The highest BCUT2D eigenvalue weighted by Gasteiger charge is 2.39. The Balaban J connectivity index is 2.22. The lowest BCUT2D eigenvalue weighted by molar-refractivity contribution is -0.00584. The highest BCUT2D eigenvalue weighted by Crippen LogP contribution is 2.39. The SMILES string of the molecule is NCC1(Cc2ccncc2Cl)CCCCC1O. The number of aliphatic hydroxyl groups excluding tert-OH is 1. The average molecular weight is 255 g/mol. The van der Waals surface area contributed by atoms with Crippen molar-refractivity contribution in [3.8, 4) is 0 Å². The van der Waals surface area contributed by atoms with Crippen LogP contribution >= 0.6 is 11.6 Å². The highest BCUT2D eigenvalue weighted by atomic mass is 35.5. The lowest BCUT2D eigenvalue weighted by atomic mass is 9.68. The van der Waals surface area contributed by atoms with Gasteiger partial charge < -0.3 is 10.8 Å². The Morgan fingerprint density at radius 2 is 2.35 bits per heavy atom. The van der Waals surface area contributed by atoms with Gasteiger partial charge in [0.15, 0.2) is 0 Å². The monoisotopic (exact) mass is 254 g/mol. The summed E-state index contributed by atoms with van der Waals surface area (Å²) in [4.78, 5) is 3.98. The molecule has 0 saturated heterocycles. The summed E-state index contributed by atoms with van der Waals surface area (Å²) in [5, 5.41) is 10.9. The fraction of sp³-hybridized carbons (Fsp3) is 0.615. The van der Waals surface area contributed by atoms with Crippen molar-refractivity contribution in [1.82, 2.24) is 4.98 Å². The van der Waals surface area contributed by atoms with Gasteiger partial charge in [0.1, 0.15) is 0 Å². The topological polar surface area (TPSA) is 59.1 Å². The molecule has 94 valence electrons. The van der Waals surface area contributed by atoms with Crippen LogP contribution in [-0.2, 0) is 6.42 Å². The number of rotatable bonds is 3. The molecule has 2 unspecified atom stereocenters. The normalized spacial score (nSPS) is 29.2. The summed E-state index contributed by atoms with van der Waals surface area (Å²) in [6.45, 7) is 0.507. The molecule has 1 heterocycles. The van der Waals surface area contributed by atoms with Crippen molar-refractivity contribution in [3.63, 3.8) is 0 Å². The zero-order valence-corrected chi connectivity index (χ0v) is 10.7. The lowest BCUT2D eigenvalue weighted by Gasteiger charge is -2.41. The van der Waals surface area contributed by atoms with Crippen LogP contribution in [0.5, 0.6) is 0 Å². The molecule has 3 nitrogen and oxygen atoms in total. The van der Waals surface area contributed by atoms with Crippen molar-refractivity contribution in [3.05, 3.63) is 29.0 Å². The molecule has 2 atom stereocenters. The molecule has 4 heteroatoms. The second kappa shape index (κ2) is 5.34. The van der Waals surface area contributed by atoms with Crippen molar-refractivity contribution in [2.45, 2.75) is 38.2 Å². The third-order valence-electron chi connectivity index (χ3n) is 3.91. The van der Waals surface area contributed by atoms with E-state index in [1.165, 1.54) is 0 Å². The van der Waals surface area contributed by atoms with E-state index >= 15 is 0 Å². The predicted molar refractivity (Wildman–Crippen MR) is 68.9 cm³/mol. The first kappa shape index (κ1) is 12.8. The van der Waals surface area contributed by atoms with Crippen molar-refractivity contribution < 1.29 is 5.11 Å². The molecule has 1 saturated carbocycles. The summed E-state index contributed by atoms with van der Waals surface area (Å²) in [5.41, 5.74) is 6.74. The predicted octanol–water partition coefficient (Wildman–Crippen LogP) is 2.16. The largest absolute Gasteiger partial charge is 0.392 e. The molecule has 0 aromatic carbocycles. The van der Waals surface area contributed by atoms with Gasteiger partial charge in [-0.25, -0.2) is 0 Å². The zero-order valence-electron chi connectivity index (χ0n) is 9.90. The molecule has 2 rings (SSSR count). The number of aromatic nitrogens is 1. The maximum atomic E-state index is 10.2. The van der Waals surface area contributed by atoms with Crippen LogP contribution in [0, 0.1) is 5.41 Å². The van der Waals surface area contributed by atoms with Gasteiger partial charge in [0.2, 0.25) is 0 Å². The molecule has 1 aliphatic rings. The fourth-order valence-electron chi connectivity index (χ4n) is 2.73. The molecule has 17 heavy (non-hydrogen) atoms. The van der Waals surface area contributed by atoms with Crippen LogP contribution in [-0.4, -0.2) is 22.7 Å². The van der Waals surface area contributed by atoms with Crippen LogP contribution in [0.3, 0.4) is 0 Å². The number of aliphatic hydroxyl groups is 1. The summed E-state index contributed by atoms with van der Waals surface area (Å²) in [7, 11) is 0. The summed E-state index contributed by atoms with van der Waals surface area (Å²) in [5.74, 6) is 0. The number of nitrogens with zero attached hydrogens (tertiary/aromatic N) is 1. The Bertz CT molecular complexity index is 385. The Kier molecular flexibility index (Phi) is 4.02. The van der Waals surface area contributed by atoms with Gasteiger partial charge in [-0.15, -0.1) is 0 Å². The van der Waals surface area contributed by atoms with Gasteiger partial charge in [-0.05, 0) is 30.9 Å². The quantitative estimate of drug-likeness (QED) is 0.869. The Morgan fingerprint density at radius 3 is 3.00 bits per heavy atom. The van der Waals surface area contributed by atoms with Crippen LogP contribution in [0.4, 0.5) is 0 Å². The van der Waals surface area contributed by atoms with Crippen LogP contribution < -0.4 is 5.73 Å². The van der Waals surface area contributed by atoms with E-state index in [9.17, 15) is 5.11 Å². The standard InChI is InChI=1S/C13H19ClN2O/c14-11-8-16-6-4-10(11)7-13(9-15)5-2-1-3-12(13)17/h4,6,8,12,17H,1-3,5,7,9,15H2. The summed E-state index contributed by atoms with van der Waals surface area (Å²) < 4.78 is 0.